The van der Waals surface area contributed by atoms with Crippen LogP contribution in [0.1, 0.15) is 48.4 Å². The molecule has 0 aromatic heterocycles. The van der Waals surface area contributed by atoms with E-state index in [1.165, 1.54) is 4.31 Å². The molecule has 0 radical (unpaired) electrons. The molecule has 0 fully saturated rings. The molecule has 0 unspecified atom stereocenters. The Bertz CT molecular complexity index is 1480. The molecule has 42 heavy (non-hydrogen) atoms. The molecule has 226 valence electrons. The summed E-state index contributed by atoms with van der Waals surface area (Å²) >= 11 is 12.4. The number of benzene rings is 3. The van der Waals surface area contributed by atoms with Crippen LogP contribution in [0.3, 0.4) is 0 Å². The number of anilines is 1. The van der Waals surface area contributed by atoms with Crippen LogP contribution in [-0.4, -0.2) is 50.5 Å². The minimum Gasteiger partial charge on any atom is -0.354 e. The van der Waals surface area contributed by atoms with Gasteiger partial charge in [0.1, 0.15) is 6.04 Å². The number of halogens is 2. The van der Waals surface area contributed by atoms with Gasteiger partial charge >= 0.3 is 0 Å². The molecule has 2 amide bonds. The number of aryl methyl sites for hydroxylation is 2. The second kappa shape index (κ2) is 15.4. The van der Waals surface area contributed by atoms with E-state index in [1.54, 1.807) is 29.2 Å². The van der Waals surface area contributed by atoms with Crippen LogP contribution in [0.5, 0.6) is 0 Å². The molecule has 10 heteroatoms. The van der Waals surface area contributed by atoms with Crippen molar-refractivity contribution in [3.8, 4) is 0 Å². The van der Waals surface area contributed by atoms with Crippen LogP contribution in [0.4, 0.5) is 5.69 Å². The van der Waals surface area contributed by atoms with Crippen molar-refractivity contribution in [2.75, 3.05) is 23.7 Å². The van der Waals surface area contributed by atoms with Gasteiger partial charge in [-0.15, -0.1) is 0 Å². The third-order valence-corrected chi connectivity index (χ3v) is 9.02. The Balaban J connectivity index is 1.90. The summed E-state index contributed by atoms with van der Waals surface area (Å²) in [6.07, 6.45) is 2.55. The average Bonchev–Trinajstić information content (AvgIpc) is 2.95. The number of hydrogen-bond acceptors (Lipinski definition) is 4. The van der Waals surface area contributed by atoms with Crippen LogP contribution < -0.4 is 9.62 Å². The van der Waals surface area contributed by atoms with Crippen molar-refractivity contribution < 1.29 is 18.0 Å². The molecule has 3 aromatic rings. The van der Waals surface area contributed by atoms with E-state index >= 15 is 0 Å². The molecule has 0 heterocycles. The molecule has 0 spiro atoms. The van der Waals surface area contributed by atoms with E-state index in [4.69, 9.17) is 23.2 Å². The van der Waals surface area contributed by atoms with E-state index in [0.29, 0.717) is 28.7 Å². The van der Waals surface area contributed by atoms with E-state index in [-0.39, 0.29) is 37.7 Å². The van der Waals surface area contributed by atoms with Crippen molar-refractivity contribution in [1.29, 1.82) is 0 Å². The first-order valence-electron chi connectivity index (χ1n) is 14.0. The van der Waals surface area contributed by atoms with Crippen LogP contribution in [0.15, 0.2) is 66.7 Å². The molecule has 1 atom stereocenters. The second-order valence-electron chi connectivity index (χ2n) is 10.5. The number of nitrogens with zero attached hydrogens (tertiary/aromatic N) is 2. The lowest BCUT2D eigenvalue weighted by atomic mass is 10.0. The van der Waals surface area contributed by atoms with Crippen molar-refractivity contribution >= 4 is 50.7 Å². The molecule has 1 N–H and O–H groups in total. The molecule has 3 aromatic carbocycles. The predicted molar refractivity (Wildman–Crippen MR) is 172 cm³/mol. The average molecular weight is 633 g/mol. The van der Waals surface area contributed by atoms with E-state index in [9.17, 15) is 18.0 Å². The van der Waals surface area contributed by atoms with Gasteiger partial charge in [0.15, 0.2) is 0 Å². The molecule has 0 aliphatic rings. The lowest BCUT2D eigenvalue weighted by Crippen LogP contribution is -2.50. The number of amides is 2. The molecule has 0 aliphatic heterocycles. The smallest absolute Gasteiger partial charge is 0.243 e. The summed E-state index contributed by atoms with van der Waals surface area (Å²) in [5.74, 6) is -0.510. The highest BCUT2D eigenvalue weighted by Crippen LogP contribution is 2.25. The van der Waals surface area contributed by atoms with E-state index in [0.717, 1.165) is 34.9 Å². The topological polar surface area (TPSA) is 86.8 Å². The summed E-state index contributed by atoms with van der Waals surface area (Å²) in [5.41, 5.74) is 4.24. The van der Waals surface area contributed by atoms with Gasteiger partial charge in [-0.2, -0.15) is 0 Å². The molecule has 3 rings (SSSR count). The third-order valence-electron chi connectivity index (χ3n) is 7.09. The maximum atomic E-state index is 13.9. The lowest BCUT2D eigenvalue weighted by Gasteiger charge is -2.32. The van der Waals surface area contributed by atoms with E-state index in [2.05, 4.69) is 5.32 Å². The SMILES string of the molecule is CCCNC(=O)[C@@H](Cc1ccccc1)N(Cc1ccc(Cl)c(Cl)c1)C(=O)CCCN(c1ccc(C)c(C)c1)S(C)(=O)=O. The van der Waals surface area contributed by atoms with Gasteiger partial charge in [0.05, 0.1) is 22.0 Å². The van der Waals surface area contributed by atoms with Crippen molar-refractivity contribution in [3.63, 3.8) is 0 Å². The number of carbonyl (C=O) groups excluding carboxylic acids is 2. The van der Waals surface area contributed by atoms with Crippen LogP contribution in [0, 0.1) is 13.8 Å². The highest BCUT2D eigenvalue weighted by atomic mass is 35.5. The fourth-order valence-electron chi connectivity index (χ4n) is 4.64. The first-order valence-corrected chi connectivity index (χ1v) is 16.6. The van der Waals surface area contributed by atoms with Crippen LogP contribution in [-0.2, 0) is 32.6 Å². The fraction of sp³-hybridized carbons (Fsp3) is 0.375. The van der Waals surface area contributed by atoms with E-state index < -0.39 is 16.1 Å². The van der Waals surface area contributed by atoms with Gasteiger partial charge in [0, 0.05) is 32.5 Å². The quantitative estimate of drug-likeness (QED) is 0.225. The Morgan fingerprint density at radius 1 is 0.905 bits per heavy atom. The van der Waals surface area contributed by atoms with Gasteiger partial charge in [-0.3, -0.25) is 13.9 Å². The molecular formula is C32H39Cl2N3O4S. The van der Waals surface area contributed by atoms with Crippen LogP contribution in [0.2, 0.25) is 10.0 Å². The molecule has 0 aliphatic carbocycles. The van der Waals surface area contributed by atoms with Gasteiger partial charge < -0.3 is 10.2 Å². The monoisotopic (exact) mass is 631 g/mol. The number of carbonyl (C=O) groups is 2. The normalized spacial score (nSPS) is 12.0. The molecule has 0 saturated heterocycles. The Kier molecular flexibility index (Phi) is 12.3. The number of hydrogen-bond donors (Lipinski definition) is 1. The van der Waals surface area contributed by atoms with Crippen LogP contribution >= 0.6 is 23.2 Å². The van der Waals surface area contributed by atoms with Crippen LogP contribution in [0.25, 0.3) is 0 Å². The van der Waals surface area contributed by atoms with Crippen molar-refractivity contribution in [3.05, 3.63) is 99.0 Å². The zero-order chi connectivity index (χ0) is 30.9. The summed E-state index contributed by atoms with van der Waals surface area (Å²) in [4.78, 5) is 28.9. The maximum Gasteiger partial charge on any atom is 0.243 e. The number of rotatable bonds is 14. The summed E-state index contributed by atoms with van der Waals surface area (Å²) in [6.45, 7) is 6.61. The van der Waals surface area contributed by atoms with Gasteiger partial charge in [0.2, 0.25) is 21.8 Å². The Morgan fingerprint density at radius 2 is 1.62 bits per heavy atom. The predicted octanol–water partition coefficient (Wildman–Crippen LogP) is 6.32. The Morgan fingerprint density at radius 3 is 2.24 bits per heavy atom. The third kappa shape index (κ3) is 9.48. The number of sulfonamides is 1. The van der Waals surface area contributed by atoms with E-state index in [1.807, 2.05) is 63.2 Å². The second-order valence-corrected chi connectivity index (χ2v) is 13.2. The van der Waals surface area contributed by atoms with Crippen molar-refractivity contribution in [2.24, 2.45) is 0 Å². The van der Waals surface area contributed by atoms with Gasteiger partial charge in [-0.1, -0.05) is 72.6 Å². The van der Waals surface area contributed by atoms with Gasteiger partial charge in [-0.05, 0) is 73.2 Å². The van der Waals surface area contributed by atoms with Gasteiger partial charge in [0.25, 0.3) is 0 Å². The van der Waals surface area contributed by atoms with Crippen molar-refractivity contribution in [1.82, 2.24) is 10.2 Å². The van der Waals surface area contributed by atoms with Gasteiger partial charge in [-0.25, -0.2) is 8.42 Å². The zero-order valence-electron chi connectivity index (χ0n) is 24.6. The summed E-state index contributed by atoms with van der Waals surface area (Å²) in [6, 6.07) is 19.4. The minimum atomic E-state index is -3.59. The highest BCUT2D eigenvalue weighted by Gasteiger charge is 2.30. The molecular weight excluding hydrogens is 593 g/mol. The first-order chi connectivity index (χ1) is 19.9. The highest BCUT2D eigenvalue weighted by molar-refractivity contribution is 7.92. The largest absolute Gasteiger partial charge is 0.354 e. The minimum absolute atomic E-state index is 0.0462. The number of nitrogens with one attached hydrogen (secondary N) is 1. The summed E-state index contributed by atoms with van der Waals surface area (Å²) < 4.78 is 26.7. The Hall–Kier alpha value is -3.07. The molecule has 0 saturated carbocycles. The maximum absolute atomic E-state index is 13.9. The molecule has 7 nitrogen and oxygen atoms in total. The standard InChI is InChI=1S/C32H39Cl2N3O4S/c1-5-17-35-32(39)30(21-25-10-7-6-8-11-25)36(22-26-14-16-28(33)29(34)20-26)31(38)12-9-18-37(42(4,40)41)27-15-13-23(2)24(3)19-27/h6-8,10-11,13-16,19-20,30H,5,9,12,17-18,21-22H2,1-4H3,(H,35,39)/t30-/m1/s1. The molecule has 0 bridgehead atoms. The summed E-state index contributed by atoms with van der Waals surface area (Å²) in [5, 5.41) is 3.70. The first kappa shape index (κ1) is 33.4. The zero-order valence-corrected chi connectivity index (χ0v) is 26.9. The lowest BCUT2D eigenvalue weighted by molar-refractivity contribution is -0.141. The fourth-order valence-corrected chi connectivity index (χ4v) is 5.92. The summed E-state index contributed by atoms with van der Waals surface area (Å²) in [7, 11) is -3.59. The Labute approximate surface area is 259 Å². The van der Waals surface area contributed by atoms with Crippen molar-refractivity contribution in [2.45, 2.75) is 59.0 Å².